The molecule has 0 bridgehead atoms. The Morgan fingerprint density at radius 2 is 2.00 bits per heavy atom. The highest BCUT2D eigenvalue weighted by Crippen LogP contribution is 2.14. The minimum atomic E-state index is -4.36. The van der Waals surface area contributed by atoms with Gasteiger partial charge >= 0.3 is 6.18 Å². The largest absolute Gasteiger partial charge is 0.401 e. The number of hydrogen-bond acceptors (Lipinski definition) is 2. The van der Waals surface area contributed by atoms with Crippen molar-refractivity contribution in [3.63, 3.8) is 0 Å². The molecule has 0 radical (unpaired) electrons. The Morgan fingerprint density at radius 3 is 2.56 bits per heavy atom. The summed E-state index contributed by atoms with van der Waals surface area (Å²) in [6.07, 6.45) is -4.36. The first-order valence-electron chi connectivity index (χ1n) is 5.11. The van der Waals surface area contributed by atoms with Crippen LogP contribution in [0.15, 0.2) is 18.2 Å². The minimum absolute atomic E-state index is 0.205. The van der Waals surface area contributed by atoms with Crippen molar-refractivity contribution >= 4 is 11.6 Å². The summed E-state index contributed by atoms with van der Waals surface area (Å²) in [5, 5.41) is 4.23. The zero-order valence-corrected chi connectivity index (χ0v) is 9.57. The van der Waals surface area contributed by atoms with Gasteiger partial charge in [-0.1, -0.05) is 6.07 Å². The number of amides is 1. The van der Waals surface area contributed by atoms with Crippen molar-refractivity contribution < 1.29 is 22.4 Å². The molecule has 1 aromatic rings. The summed E-state index contributed by atoms with van der Waals surface area (Å²) < 4.78 is 48.5. The van der Waals surface area contributed by atoms with Gasteiger partial charge in [0.15, 0.2) is 0 Å². The number of carbonyl (C=O) groups excluding carboxylic acids is 1. The third-order valence-corrected chi connectivity index (χ3v) is 2.07. The monoisotopic (exact) mass is 264 g/mol. The normalized spacial score (nSPS) is 11.4. The Hall–Kier alpha value is -1.63. The molecule has 0 aliphatic heterocycles. The summed E-state index contributed by atoms with van der Waals surface area (Å²) in [6.45, 7) is -0.177. The highest BCUT2D eigenvalue weighted by Gasteiger charge is 2.26. The lowest BCUT2D eigenvalue weighted by atomic mass is 10.2. The molecular formula is C11H12F4N2O. The average molecular weight is 264 g/mol. The second-order valence-corrected chi connectivity index (χ2v) is 3.73. The maximum atomic E-state index is 13.1. The van der Waals surface area contributed by atoms with Gasteiger partial charge < -0.3 is 10.6 Å². The van der Waals surface area contributed by atoms with Gasteiger partial charge in [-0.05, 0) is 24.6 Å². The quantitative estimate of drug-likeness (QED) is 0.819. The summed E-state index contributed by atoms with van der Waals surface area (Å²) in [4.78, 5) is 11.2. The molecule has 0 heterocycles. The predicted octanol–water partition coefficient (Wildman–Crippen LogP) is 2.22. The first kappa shape index (κ1) is 14.4. The highest BCUT2D eigenvalue weighted by atomic mass is 19.4. The smallest absolute Gasteiger partial charge is 0.325 e. The average Bonchev–Trinajstić information content (AvgIpc) is 2.21. The van der Waals surface area contributed by atoms with E-state index in [1.165, 1.54) is 12.1 Å². The molecule has 0 spiro atoms. The molecule has 0 unspecified atom stereocenters. The second kappa shape index (κ2) is 5.81. The fourth-order valence-corrected chi connectivity index (χ4v) is 1.19. The molecule has 1 aromatic carbocycles. The fourth-order valence-electron chi connectivity index (χ4n) is 1.19. The third-order valence-electron chi connectivity index (χ3n) is 2.07. The lowest BCUT2D eigenvalue weighted by molar-refractivity contribution is -0.126. The first-order valence-corrected chi connectivity index (χ1v) is 5.11. The van der Waals surface area contributed by atoms with Crippen molar-refractivity contribution in [2.45, 2.75) is 13.1 Å². The molecule has 2 N–H and O–H groups in total. The van der Waals surface area contributed by atoms with E-state index in [4.69, 9.17) is 0 Å². The van der Waals surface area contributed by atoms with E-state index < -0.39 is 31.0 Å². The van der Waals surface area contributed by atoms with Gasteiger partial charge in [-0.15, -0.1) is 0 Å². The summed E-state index contributed by atoms with van der Waals surface area (Å²) in [6, 6.07) is 4.05. The van der Waals surface area contributed by atoms with Gasteiger partial charge in [0.25, 0.3) is 0 Å². The van der Waals surface area contributed by atoms with E-state index in [0.717, 1.165) is 6.07 Å². The molecular weight excluding hydrogens is 252 g/mol. The van der Waals surface area contributed by atoms with Crippen LogP contribution >= 0.6 is 0 Å². The molecule has 18 heavy (non-hydrogen) atoms. The van der Waals surface area contributed by atoms with Crippen LogP contribution in [0, 0.1) is 12.7 Å². The van der Waals surface area contributed by atoms with E-state index in [2.05, 4.69) is 5.32 Å². The molecule has 0 aliphatic carbocycles. The fraction of sp³-hybridized carbons (Fsp3) is 0.364. The van der Waals surface area contributed by atoms with E-state index in [1.54, 1.807) is 6.92 Å². The number of halogens is 4. The maximum Gasteiger partial charge on any atom is 0.401 e. The zero-order valence-electron chi connectivity index (χ0n) is 9.57. The molecule has 0 aliphatic rings. The van der Waals surface area contributed by atoms with Gasteiger partial charge in [-0.2, -0.15) is 13.2 Å². The van der Waals surface area contributed by atoms with Gasteiger partial charge in [-0.25, -0.2) is 4.39 Å². The second-order valence-electron chi connectivity index (χ2n) is 3.73. The van der Waals surface area contributed by atoms with Crippen LogP contribution in [0.2, 0.25) is 0 Å². The van der Waals surface area contributed by atoms with Crippen LogP contribution in [0.4, 0.5) is 23.2 Å². The third kappa shape index (κ3) is 5.13. The van der Waals surface area contributed by atoms with Gasteiger partial charge in [0.05, 0.1) is 13.1 Å². The molecule has 0 fully saturated rings. The number of nitrogens with one attached hydrogen (secondary N) is 2. The van der Waals surface area contributed by atoms with Crippen molar-refractivity contribution in [2.24, 2.45) is 0 Å². The van der Waals surface area contributed by atoms with Crippen LogP contribution in [-0.2, 0) is 4.79 Å². The van der Waals surface area contributed by atoms with Gasteiger partial charge in [0.1, 0.15) is 5.82 Å². The van der Waals surface area contributed by atoms with Crippen LogP contribution in [0.1, 0.15) is 5.56 Å². The van der Waals surface area contributed by atoms with Crippen LogP contribution in [0.25, 0.3) is 0 Å². The molecule has 0 aromatic heterocycles. The lowest BCUT2D eigenvalue weighted by Crippen LogP contribution is -2.35. The summed E-state index contributed by atoms with van der Waals surface area (Å²) >= 11 is 0. The Balaban J connectivity index is 2.42. The zero-order chi connectivity index (χ0) is 13.8. The van der Waals surface area contributed by atoms with Crippen molar-refractivity contribution in [3.8, 4) is 0 Å². The van der Waals surface area contributed by atoms with Crippen LogP contribution in [0.5, 0.6) is 0 Å². The molecule has 0 saturated heterocycles. The number of carbonyl (C=O) groups is 1. The van der Waals surface area contributed by atoms with E-state index in [9.17, 15) is 22.4 Å². The van der Waals surface area contributed by atoms with Crippen molar-refractivity contribution in [1.82, 2.24) is 5.32 Å². The lowest BCUT2D eigenvalue weighted by Gasteiger charge is -2.09. The summed E-state index contributed by atoms with van der Waals surface area (Å²) in [7, 11) is 0. The highest BCUT2D eigenvalue weighted by molar-refractivity contribution is 5.92. The van der Waals surface area contributed by atoms with Crippen molar-refractivity contribution in [1.29, 1.82) is 0 Å². The SMILES string of the molecule is Cc1ccc(NC(=O)CNCC(F)(F)F)cc1F. The molecule has 100 valence electrons. The van der Waals surface area contributed by atoms with Crippen LogP contribution < -0.4 is 10.6 Å². The minimum Gasteiger partial charge on any atom is -0.325 e. The van der Waals surface area contributed by atoms with E-state index in [-0.39, 0.29) is 5.69 Å². The number of hydrogen-bond donors (Lipinski definition) is 2. The molecule has 7 heteroatoms. The maximum absolute atomic E-state index is 13.1. The van der Waals surface area contributed by atoms with Gasteiger partial charge in [0.2, 0.25) is 5.91 Å². The number of aryl methyl sites for hydroxylation is 1. The number of anilines is 1. The topological polar surface area (TPSA) is 41.1 Å². The molecule has 0 saturated carbocycles. The Morgan fingerprint density at radius 1 is 1.33 bits per heavy atom. The first-order chi connectivity index (χ1) is 8.28. The van der Waals surface area contributed by atoms with Gasteiger partial charge in [-0.3, -0.25) is 4.79 Å². The van der Waals surface area contributed by atoms with E-state index in [1.807, 2.05) is 5.32 Å². The van der Waals surface area contributed by atoms with Crippen molar-refractivity contribution in [3.05, 3.63) is 29.6 Å². The Kier molecular flexibility index (Phi) is 4.66. The molecule has 1 rings (SSSR count). The molecule has 3 nitrogen and oxygen atoms in total. The van der Waals surface area contributed by atoms with E-state index >= 15 is 0 Å². The van der Waals surface area contributed by atoms with E-state index in [0.29, 0.717) is 5.56 Å². The number of rotatable bonds is 4. The Bertz CT molecular complexity index is 432. The molecule has 1 amide bonds. The molecule has 0 atom stereocenters. The standard InChI is InChI=1S/C11H12F4N2O/c1-7-2-3-8(4-9(7)12)17-10(18)5-16-6-11(13,14)15/h2-4,16H,5-6H2,1H3,(H,17,18). The van der Waals surface area contributed by atoms with Crippen LogP contribution in [-0.4, -0.2) is 25.2 Å². The Labute approximate surface area is 101 Å². The summed E-state index contributed by atoms with van der Waals surface area (Å²) in [5.74, 6) is -1.15. The van der Waals surface area contributed by atoms with Crippen molar-refractivity contribution in [2.75, 3.05) is 18.4 Å². The predicted molar refractivity (Wildman–Crippen MR) is 58.7 cm³/mol. The van der Waals surface area contributed by atoms with Crippen LogP contribution in [0.3, 0.4) is 0 Å². The summed E-state index contributed by atoms with van der Waals surface area (Å²) in [5.41, 5.74) is 0.625. The van der Waals surface area contributed by atoms with Gasteiger partial charge in [0, 0.05) is 5.69 Å². The number of alkyl halides is 3. The number of benzene rings is 1.